The summed E-state index contributed by atoms with van der Waals surface area (Å²) in [6, 6.07) is 24.2. The van der Waals surface area contributed by atoms with E-state index in [2.05, 4.69) is 15.8 Å². The van der Waals surface area contributed by atoms with Crippen molar-refractivity contribution in [2.24, 2.45) is 5.10 Å². The maximum absolute atomic E-state index is 13.3. The Labute approximate surface area is 210 Å². The standard InChI is InChI=1S/C29H28N4O3/c1-4-28(34)30-21-16-14-20(15-17-21)19(3)32-33-29(35)24-18-26(31-25-12-8-6-10-22(24)25)23-11-7-9-13-27(23)36-5-2/h6-18H,4-5H2,1-3H3,(H,30,34)(H,33,35)/b32-19+. The Bertz CT molecular complexity index is 1430. The second kappa shape index (κ2) is 11.3. The molecule has 4 aromatic rings. The van der Waals surface area contributed by atoms with Gasteiger partial charge in [0.1, 0.15) is 5.75 Å². The molecule has 0 atom stereocenters. The lowest BCUT2D eigenvalue weighted by atomic mass is 10.0. The SMILES string of the molecule is CCOc1ccccc1-c1cc(C(=O)N/N=C(\C)c2ccc(NC(=O)CC)cc2)c2ccccc2n1. The Kier molecular flexibility index (Phi) is 7.70. The van der Waals surface area contributed by atoms with Crippen molar-refractivity contribution in [1.29, 1.82) is 0 Å². The molecule has 7 nitrogen and oxygen atoms in total. The van der Waals surface area contributed by atoms with Gasteiger partial charge in [0.05, 0.1) is 29.1 Å². The van der Waals surface area contributed by atoms with Crippen molar-refractivity contribution in [2.45, 2.75) is 27.2 Å². The summed E-state index contributed by atoms with van der Waals surface area (Å²) in [7, 11) is 0. The predicted molar refractivity (Wildman–Crippen MR) is 143 cm³/mol. The van der Waals surface area contributed by atoms with Crippen molar-refractivity contribution >= 4 is 34.1 Å². The number of nitrogens with one attached hydrogen (secondary N) is 2. The Morgan fingerprint density at radius 2 is 1.67 bits per heavy atom. The van der Waals surface area contributed by atoms with Crippen LogP contribution in [-0.4, -0.2) is 29.1 Å². The second-order valence-electron chi connectivity index (χ2n) is 8.12. The fourth-order valence-electron chi connectivity index (χ4n) is 3.76. The van der Waals surface area contributed by atoms with Gasteiger partial charge in [-0.1, -0.05) is 49.4 Å². The lowest BCUT2D eigenvalue weighted by Crippen LogP contribution is -2.20. The number of rotatable bonds is 8. The molecule has 2 amide bonds. The average molecular weight is 481 g/mol. The minimum atomic E-state index is -0.338. The summed E-state index contributed by atoms with van der Waals surface area (Å²) < 4.78 is 5.78. The van der Waals surface area contributed by atoms with E-state index in [0.717, 1.165) is 16.5 Å². The number of para-hydroxylation sites is 2. The van der Waals surface area contributed by atoms with E-state index in [1.165, 1.54) is 0 Å². The second-order valence-corrected chi connectivity index (χ2v) is 8.12. The maximum atomic E-state index is 13.3. The number of aromatic nitrogens is 1. The molecular formula is C29H28N4O3. The Hall–Kier alpha value is -4.52. The zero-order valence-electron chi connectivity index (χ0n) is 20.5. The average Bonchev–Trinajstić information content (AvgIpc) is 2.91. The normalized spacial score (nSPS) is 11.2. The molecule has 0 saturated carbocycles. The number of nitrogens with zero attached hydrogens (tertiary/aromatic N) is 2. The zero-order chi connectivity index (χ0) is 25.5. The third-order valence-electron chi connectivity index (χ3n) is 5.66. The molecule has 0 aliphatic carbocycles. The molecule has 36 heavy (non-hydrogen) atoms. The molecule has 1 aromatic heterocycles. The first-order valence-corrected chi connectivity index (χ1v) is 11.9. The lowest BCUT2D eigenvalue weighted by molar-refractivity contribution is -0.115. The number of fused-ring (bicyclic) bond motifs is 1. The van der Waals surface area contributed by atoms with Crippen LogP contribution in [0.2, 0.25) is 0 Å². The van der Waals surface area contributed by atoms with E-state index in [1.807, 2.05) is 86.6 Å². The molecule has 4 rings (SSSR count). The van der Waals surface area contributed by atoms with E-state index in [9.17, 15) is 9.59 Å². The van der Waals surface area contributed by atoms with Crippen molar-refractivity contribution in [3.8, 4) is 17.0 Å². The van der Waals surface area contributed by atoms with Crippen LogP contribution in [0.25, 0.3) is 22.2 Å². The molecule has 1 heterocycles. The molecule has 182 valence electrons. The third kappa shape index (κ3) is 5.58. The van der Waals surface area contributed by atoms with E-state index in [-0.39, 0.29) is 11.8 Å². The number of amides is 2. The first-order valence-electron chi connectivity index (χ1n) is 11.9. The summed E-state index contributed by atoms with van der Waals surface area (Å²) in [5.74, 6) is 0.324. The molecule has 0 unspecified atom stereocenters. The molecule has 0 fully saturated rings. The Morgan fingerprint density at radius 1 is 0.944 bits per heavy atom. The molecule has 0 saturated heterocycles. The molecule has 0 aliphatic rings. The summed E-state index contributed by atoms with van der Waals surface area (Å²) in [6.07, 6.45) is 0.414. The Morgan fingerprint density at radius 3 is 2.42 bits per heavy atom. The van der Waals surface area contributed by atoms with Crippen molar-refractivity contribution in [2.75, 3.05) is 11.9 Å². The van der Waals surface area contributed by atoms with Gasteiger partial charge in [-0.05, 0) is 55.8 Å². The van der Waals surface area contributed by atoms with Crippen molar-refractivity contribution < 1.29 is 14.3 Å². The quantitative estimate of drug-likeness (QED) is 0.246. The van der Waals surface area contributed by atoms with Crippen LogP contribution in [0.4, 0.5) is 5.69 Å². The van der Waals surface area contributed by atoms with Gasteiger partial charge in [-0.2, -0.15) is 5.10 Å². The van der Waals surface area contributed by atoms with Crippen LogP contribution in [-0.2, 0) is 4.79 Å². The van der Waals surface area contributed by atoms with Crippen LogP contribution >= 0.6 is 0 Å². The van der Waals surface area contributed by atoms with Gasteiger partial charge >= 0.3 is 0 Å². The van der Waals surface area contributed by atoms with Crippen LogP contribution in [0.15, 0.2) is 84.0 Å². The van der Waals surface area contributed by atoms with Crippen LogP contribution in [0.1, 0.15) is 43.1 Å². The number of hydrogen-bond acceptors (Lipinski definition) is 5. The molecule has 0 radical (unpaired) electrons. The van der Waals surface area contributed by atoms with Gasteiger partial charge in [-0.15, -0.1) is 0 Å². The Balaban J connectivity index is 1.62. The highest BCUT2D eigenvalue weighted by Crippen LogP contribution is 2.31. The summed E-state index contributed by atoms with van der Waals surface area (Å²) in [6.45, 7) is 6.07. The van der Waals surface area contributed by atoms with E-state index in [0.29, 0.717) is 47.0 Å². The zero-order valence-corrected chi connectivity index (χ0v) is 20.5. The number of carbonyl (C=O) groups excluding carboxylic acids is 2. The fraction of sp³-hybridized carbons (Fsp3) is 0.172. The van der Waals surface area contributed by atoms with E-state index < -0.39 is 0 Å². The van der Waals surface area contributed by atoms with Gasteiger partial charge in [0.2, 0.25) is 5.91 Å². The topological polar surface area (TPSA) is 92.7 Å². The number of ether oxygens (including phenoxy) is 1. The largest absolute Gasteiger partial charge is 0.493 e. The lowest BCUT2D eigenvalue weighted by Gasteiger charge is -2.12. The van der Waals surface area contributed by atoms with Crippen molar-refractivity contribution in [3.63, 3.8) is 0 Å². The monoisotopic (exact) mass is 480 g/mol. The molecule has 0 spiro atoms. The number of benzene rings is 3. The number of hydrogen-bond donors (Lipinski definition) is 2. The summed E-state index contributed by atoms with van der Waals surface area (Å²) in [5, 5.41) is 7.86. The van der Waals surface area contributed by atoms with Crippen molar-refractivity contribution in [3.05, 3.63) is 90.0 Å². The van der Waals surface area contributed by atoms with Gasteiger partial charge < -0.3 is 10.1 Å². The van der Waals surface area contributed by atoms with Gasteiger partial charge in [0.25, 0.3) is 5.91 Å². The number of pyridine rings is 1. The number of carbonyl (C=O) groups is 2. The van der Waals surface area contributed by atoms with Crippen LogP contribution in [0, 0.1) is 0 Å². The molecular weight excluding hydrogens is 452 g/mol. The number of anilines is 1. The maximum Gasteiger partial charge on any atom is 0.272 e. The van der Waals surface area contributed by atoms with Gasteiger partial charge in [0, 0.05) is 23.1 Å². The highest BCUT2D eigenvalue weighted by molar-refractivity contribution is 6.08. The van der Waals surface area contributed by atoms with E-state index in [4.69, 9.17) is 9.72 Å². The summed E-state index contributed by atoms with van der Waals surface area (Å²) in [5.41, 5.74) is 7.50. The van der Waals surface area contributed by atoms with Gasteiger partial charge in [-0.3, -0.25) is 9.59 Å². The summed E-state index contributed by atoms with van der Waals surface area (Å²) in [4.78, 5) is 29.6. The van der Waals surface area contributed by atoms with E-state index >= 15 is 0 Å². The van der Waals surface area contributed by atoms with Crippen LogP contribution in [0.3, 0.4) is 0 Å². The third-order valence-corrected chi connectivity index (χ3v) is 5.66. The molecule has 0 bridgehead atoms. The van der Waals surface area contributed by atoms with E-state index in [1.54, 1.807) is 13.0 Å². The van der Waals surface area contributed by atoms with Crippen molar-refractivity contribution in [1.82, 2.24) is 10.4 Å². The summed E-state index contributed by atoms with van der Waals surface area (Å²) >= 11 is 0. The first-order chi connectivity index (χ1) is 17.5. The first kappa shape index (κ1) is 24.6. The molecule has 0 aliphatic heterocycles. The number of hydrazone groups is 1. The van der Waals surface area contributed by atoms with Crippen LogP contribution in [0.5, 0.6) is 5.75 Å². The highest BCUT2D eigenvalue weighted by Gasteiger charge is 2.16. The molecule has 3 aromatic carbocycles. The minimum Gasteiger partial charge on any atom is -0.493 e. The predicted octanol–water partition coefficient (Wildman–Crippen LogP) is 5.80. The van der Waals surface area contributed by atoms with Gasteiger partial charge in [-0.25, -0.2) is 10.4 Å². The highest BCUT2D eigenvalue weighted by atomic mass is 16.5. The van der Waals surface area contributed by atoms with Crippen LogP contribution < -0.4 is 15.5 Å². The molecule has 7 heteroatoms. The smallest absolute Gasteiger partial charge is 0.272 e. The molecule has 2 N–H and O–H groups in total. The van der Waals surface area contributed by atoms with Gasteiger partial charge in [0.15, 0.2) is 0 Å². The minimum absolute atomic E-state index is 0.0479. The fourth-order valence-corrected chi connectivity index (χ4v) is 3.76.